The second-order valence-corrected chi connectivity index (χ2v) is 0.250. The van der Waals surface area contributed by atoms with Crippen LogP contribution in [0, 0.1) is 77.3 Å². The Morgan fingerprint density at radius 2 is 1.25 bits per heavy atom. The van der Waals surface area contributed by atoms with Gasteiger partial charge in [-0.15, -0.1) is 0 Å². The van der Waals surface area contributed by atoms with Crippen molar-refractivity contribution in [3.8, 4) is 0 Å². The maximum Gasteiger partial charge on any atom is 3.00 e. The van der Waals surface area contributed by atoms with Gasteiger partial charge in [0.15, 0.2) is 0 Å². The van der Waals surface area contributed by atoms with Crippen LogP contribution in [0.5, 0.6) is 0 Å². The smallest absolute Gasteiger partial charge is 0.870 e. The van der Waals surface area contributed by atoms with Crippen molar-refractivity contribution in [2.45, 2.75) is 0 Å². The predicted molar refractivity (Wildman–Crippen MR) is 13.1 cm³/mol. The summed E-state index contributed by atoms with van der Waals surface area (Å²) in [7, 11) is 0. The van der Waals surface area contributed by atoms with E-state index in [1.165, 1.54) is 0 Å². The zero-order valence-electron chi connectivity index (χ0n) is 3.96. The van der Waals surface area contributed by atoms with Crippen molar-refractivity contribution < 1.29 is 97.8 Å². The molecule has 33 valence electrons. The van der Waals surface area contributed by atoms with Crippen molar-refractivity contribution in [3.63, 3.8) is 0 Å². The minimum absolute atomic E-state index is 0. The summed E-state index contributed by atoms with van der Waals surface area (Å²) in [4.78, 5) is 8.33. The molecule has 0 aliphatic carbocycles. The second kappa shape index (κ2) is 22.4. The first kappa shape index (κ1) is 30.2. The molecule has 0 saturated heterocycles. The van der Waals surface area contributed by atoms with Crippen LogP contribution in [0.15, 0.2) is 0 Å². The predicted octanol–water partition coefficient (Wildman–Crippen LogP) is -3.00. The van der Waals surface area contributed by atoms with Gasteiger partial charge in [-0.05, 0) is 6.16 Å². The monoisotopic (exact) mass is 444 g/mol. The zero-order chi connectivity index (χ0) is 3.58. The van der Waals surface area contributed by atoms with Crippen molar-refractivity contribution in [3.05, 3.63) is 0 Å². The molecule has 4 nitrogen and oxygen atoms in total. The summed E-state index contributed by atoms with van der Waals surface area (Å²) in [5.74, 6) is 0. The van der Waals surface area contributed by atoms with Crippen LogP contribution in [0.3, 0.4) is 0 Å². The van der Waals surface area contributed by atoms with E-state index in [4.69, 9.17) is 15.0 Å². The summed E-state index contributed by atoms with van der Waals surface area (Å²) in [5.41, 5.74) is 0. The Morgan fingerprint density at radius 3 is 1.25 bits per heavy atom. The average molecular weight is 444 g/mol. The first-order chi connectivity index (χ1) is 1.73. The molecule has 0 amide bonds. The molecule has 0 spiro atoms. The van der Waals surface area contributed by atoms with Gasteiger partial charge in [-0.25, -0.2) is 0 Å². The molecule has 0 bridgehead atoms. The number of carboxylic acid groups (broad SMARTS) is 2. The van der Waals surface area contributed by atoms with Gasteiger partial charge < -0.3 is 20.5 Å². The fourth-order valence-corrected chi connectivity index (χ4v) is 0. The first-order valence-electron chi connectivity index (χ1n) is 0.612. The second-order valence-electron chi connectivity index (χ2n) is 0.250. The van der Waals surface area contributed by atoms with Gasteiger partial charge in [0.05, 0.1) is 0 Å². The Labute approximate surface area is 145 Å². The van der Waals surface area contributed by atoms with Gasteiger partial charge in [-0.2, -0.15) is 0 Å². The first-order valence-corrected chi connectivity index (χ1v) is 0.612. The number of hydrogen-bond donors (Lipinski definition) is 0. The van der Waals surface area contributed by atoms with Gasteiger partial charge in [0.1, 0.15) is 0 Å². The molecule has 0 aliphatic heterocycles. The van der Waals surface area contributed by atoms with Gasteiger partial charge in [0.2, 0.25) is 0 Å². The van der Waals surface area contributed by atoms with Crippen LogP contribution < -0.4 is 10.2 Å². The molecule has 8 heavy (non-hydrogen) atoms. The molecule has 0 rings (SSSR count). The van der Waals surface area contributed by atoms with Crippen molar-refractivity contribution in [1.29, 1.82) is 0 Å². The topological polar surface area (TPSA) is 93.2 Å². The minimum atomic E-state index is -2.33. The van der Waals surface area contributed by atoms with Crippen LogP contribution in [-0.4, -0.2) is 57.1 Å². The Bertz CT molecular complexity index is 39.0. The number of carbonyl (C=O) groups excluding carboxylic acids is 1. The summed E-state index contributed by atoms with van der Waals surface area (Å²) in [5, 5.41) is 16.7. The Hall–Kier alpha value is 3.28. The van der Waals surface area contributed by atoms with E-state index < -0.39 is 6.16 Å². The fraction of sp³-hybridized carbons (Fsp3) is 0. The third-order valence-corrected chi connectivity index (χ3v) is 0. The Morgan fingerprint density at radius 1 is 1.25 bits per heavy atom. The summed E-state index contributed by atoms with van der Waals surface area (Å²) in [6, 6.07) is 0. The number of hydrogen-bond acceptors (Lipinski definition) is 4. The van der Waals surface area contributed by atoms with Crippen LogP contribution >= 0.6 is 0 Å². The zero-order valence-corrected chi connectivity index (χ0v) is 14.2. The molecule has 7 heteroatoms. The third kappa shape index (κ3) is 59.1. The van der Waals surface area contributed by atoms with E-state index in [1.54, 1.807) is 0 Å². The van der Waals surface area contributed by atoms with Crippen molar-refractivity contribution in [1.82, 2.24) is 0 Å². The van der Waals surface area contributed by atoms with Gasteiger partial charge in [-0.1, -0.05) is 0 Å². The normalized spacial score (nSPS) is 3.00. The molecular weight excluding hydrogens is 443 g/mol. The van der Waals surface area contributed by atoms with Crippen molar-refractivity contribution in [2.24, 2.45) is 0 Å². The van der Waals surface area contributed by atoms with Gasteiger partial charge >= 0.3 is 123 Å². The minimum Gasteiger partial charge on any atom is -0.870 e. The quantitative estimate of drug-likeness (QED) is 0.373. The molecule has 0 unspecified atom stereocenters. The average Bonchev–Trinajstić information content (AvgIpc) is 0.811. The molecule has 1 N–H and O–H groups in total. The van der Waals surface area contributed by atoms with Crippen LogP contribution in [0.1, 0.15) is 0 Å². The van der Waals surface area contributed by atoms with Gasteiger partial charge in [0.25, 0.3) is 0 Å². The Kier molecular flexibility index (Phi) is 84.8. The third-order valence-electron chi connectivity index (χ3n) is 0. The molecule has 0 heterocycles. The molecule has 0 atom stereocenters. The molecule has 0 fully saturated rings. The summed E-state index contributed by atoms with van der Waals surface area (Å²) < 4.78 is 0. The summed E-state index contributed by atoms with van der Waals surface area (Å²) in [6.45, 7) is 0. The van der Waals surface area contributed by atoms with Crippen molar-refractivity contribution >= 4 is 51.6 Å². The van der Waals surface area contributed by atoms with Gasteiger partial charge in [0, 0.05) is 0 Å². The summed E-state index contributed by atoms with van der Waals surface area (Å²) in [6.07, 6.45) is -2.33. The van der Waals surface area contributed by atoms with Crippen LogP contribution in [0.25, 0.3) is 0 Å². The fourth-order valence-electron chi connectivity index (χ4n) is 0. The summed E-state index contributed by atoms with van der Waals surface area (Å²) >= 11 is 0. The van der Waals surface area contributed by atoms with Crippen LogP contribution in [0.2, 0.25) is 0 Å². The van der Waals surface area contributed by atoms with E-state index in [1.807, 2.05) is 0 Å². The van der Waals surface area contributed by atoms with Crippen molar-refractivity contribution in [2.75, 3.05) is 0 Å². The number of rotatable bonds is 0. The van der Waals surface area contributed by atoms with Crippen LogP contribution in [-0.2, 0) is 0 Å². The Balaban J connectivity index is -0.00000000750. The molecule has 0 aromatic rings. The maximum atomic E-state index is 8.33. The standard InChI is InChI=1S/CH2O3.Ce.La.H2O.Sr/c2-1(3)4;;;;/h(H2,2,3,4);;;1H2;/q;2*+3;;+2/p-3. The molecule has 0 aliphatic rings. The van der Waals surface area contributed by atoms with E-state index in [0.717, 1.165) is 0 Å². The SMILES string of the molecule is O=C([O-])[O-].[Ce+3].[La+3].[OH-].[Sr+2]. The largest absolute Gasteiger partial charge is 3.00 e. The van der Waals surface area contributed by atoms with E-state index in [2.05, 4.69) is 0 Å². The maximum absolute atomic E-state index is 8.33. The van der Waals surface area contributed by atoms with E-state index in [9.17, 15) is 0 Å². The van der Waals surface area contributed by atoms with Gasteiger partial charge in [-0.3, -0.25) is 0 Å². The van der Waals surface area contributed by atoms with E-state index >= 15 is 0 Å². The molecule has 0 saturated carbocycles. The molecule has 0 aromatic heterocycles. The molecule has 0 aromatic carbocycles. The van der Waals surface area contributed by atoms with Crippen LogP contribution in [0.4, 0.5) is 4.79 Å². The van der Waals surface area contributed by atoms with E-state index in [-0.39, 0.29) is 128 Å². The molecule has 1 radical (unpaired) electrons. The molecular formula is CHCeLaO4Sr+5. The van der Waals surface area contributed by atoms with E-state index in [0.29, 0.717) is 0 Å². The number of carbonyl (C=O) groups is 1.